The SMILES string of the molecule is CNC(C)c1ccc(-n2cc(Br)cn2)cc1. The summed E-state index contributed by atoms with van der Waals surface area (Å²) in [5.74, 6) is 0. The second-order valence-electron chi connectivity index (χ2n) is 3.71. The zero-order valence-electron chi connectivity index (χ0n) is 9.31. The molecule has 3 nitrogen and oxygen atoms in total. The van der Waals surface area contributed by atoms with Crippen molar-refractivity contribution in [2.45, 2.75) is 13.0 Å². The molecule has 0 aliphatic carbocycles. The molecule has 1 heterocycles. The van der Waals surface area contributed by atoms with E-state index in [1.165, 1.54) is 5.56 Å². The lowest BCUT2D eigenvalue weighted by molar-refractivity contribution is 0.652. The Morgan fingerprint density at radius 2 is 2.00 bits per heavy atom. The van der Waals surface area contributed by atoms with Gasteiger partial charge >= 0.3 is 0 Å². The number of rotatable bonds is 3. The number of nitrogens with zero attached hydrogens (tertiary/aromatic N) is 2. The molecule has 4 heteroatoms. The van der Waals surface area contributed by atoms with Crippen LogP contribution >= 0.6 is 15.9 Å². The second kappa shape index (κ2) is 4.80. The van der Waals surface area contributed by atoms with Gasteiger partial charge in [-0.15, -0.1) is 0 Å². The van der Waals surface area contributed by atoms with E-state index in [2.05, 4.69) is 57.5 Å². The summed E-state index contributed by atoms with van der Waals surface area (Å²) in [4.78, 5) is 0. The van der Waals surface area contributed by atoms with E-state index in [1.807, 2.05) is 17.9 Å². The molecule has 0 amide bonds. The van der Waals surface area contributed by atoms with E-state index in [0.29, 0.717) is 6.04 Å². The van der Waals surface area contributed by atoms with Gasteiger partial charge in [-0.25, -0.2) is 4.68 Å². The molecule has 0 aliphatic rings. The molecular formula is C12H14BrN3. The molecule has 1 aromatic carbocycles. The lowest BCUT2D eigenvalue weighted by atomic mass is 10.1. The molecule has 16 heavy (non-hydrogen) atoms. The molecule has 1 N–H and O–H groups in total. The largest absolute Gasteiger partial charge is 0.313 e. The average Bonchev–Trinajstić information content (AvgIpc) is 2.75. The van der Waals surface area contributed by atoms with Gasteiger partial charge in [0.25, 0.3) is 0 Å². The van der Waals surface area contributed by atoms with Crippen molar-refractivity contribution in [1.29, 1.82) is 0 Å². The minimum absolute atomic E-state index is 0.374. The van der Waals surface area contributed by atoms with Crippen molar-refractivity contribution < 1.29 is 0 Å². The van der Waals surface area contributed by atoms with Gasteiger partial charge in [0.2, 0.25) is 0 Å². The molecule has 1 unspecified atom stereocenters. The second-order valence-corrected chi connectivity index (χ2v) is 4.62. The van der Waals surface area contributed by atoms with Crippen LogP contribution in [0.25, 0.3) is 5.69 Å². The van der Waals surface area contributed by atoms with Gasteiger partial charge in [0.05, 0.1) is 16.4 Å². The Hall–Kier alpha value is -1.13. The van der Waals surface area contributed by atoms with Crippen LogP contribution in [0.3, 0.4) is 0 Å². The Morgan fingerprint density at radius 1 is 1.31 bits per heavy atom. The molecule has 0 saturated heterocycles. The number of halogens is 1. The van der Waals surface area contributed by atoms with Crippen LogP contribution in [-0.4, -0.2) is 16.8 Å². The topological polar surface area (TPSA) is 29.9 Å². The molecule has 84 valence electrons. The van der Waals surface area contributed by atoms with Crippen LogP contribution in [0.5, 0.6) is 0 Å². The quantitative estimate of drug-likeness (QED) is 0.936. The first-order chi connectivity index (χ1) is 7.70. The van der Waals surface area contributed by atoms with E-state index >= 15 is 0 Å². The summed E-state index contributed by atoms with van der Waals surface area (Å²) >= 11 is 3.38. The monoisotopic (exact) mass is 279 g/mol. The minimum atomic E-state index is 0.374. The standard InChI is InChI=1S/C12H14BrN3/c1-9(14-2)10-3-5-12(6-4-10)16-8-11(13)7-15-16/h3-9,14H,1-2H3. The molecule has 0 aliphatic heterocycles. The lowest BCUT2D eigenvalue weighted by Crippen LogP contribution is -2.12. The van der Waals surface area contributed by atoms with Crippen LogP contribution < -0.4 is 5.32 Å². The fraction of sp³-hybridized carbons (Fsp3) is 0.250. The Morgan fingerprint density at radius 3 is 2.50 bits per heavy atom. The maximum absolute atomic E-state index is 4.23. The van der Waals surface area contributed by atoms with Gasteiger partial charge in [0.15, 0.2) is 0 Å². The predicted octanol–water partition coefficient (Wildman–Crippen LogP) is 2.92. The van der Waals surface area contributed by atoms with Gasteiger partial charge < -0.3 is 5.32 Å². The number of hydrogen-bond donors (Lipinski definition) is 1. The summed E-state index contributed by atoms with van der Waals surface area (Å²) in [6, 6.07) is 8.75. The highest BCUT2D eigenvalue weighted by atomic mass is 79.9. The van der Waals surface area contributed by atoms with Crippen LogP contribution in [0.4, 0.5) is 0 Å². The molecule has 0 spiro atoms. The Kier molecular flexibility index (Phi) is 3.41. The molecule has 1 atom stereocenters. The number of aromatic nitrogens is 2. The van der Waals surface area contributed by atoms with E-state index < -0.39 is 0 Å². The van der Waals surface area contributed by atoms with Crippen LogP contribution in [0.2, 0.25) is 0 Å². The van der Waals surface area contributed by atoms with Crippen molar-refractivity contribution in [2.75, 3.05) is 7.05 Å². The molecule has 0 bridgehead atoms. The van der Waals surface area contributed by atoms with Crippen molar-refractivity contribution in [3.63, 3.8) is 0 Å². The van der Waals surface area contributed by atoms with Crippen molar-refractivity contribution >= 4 is 15.9 Å². The van der Waals surface area contributed by atoms with Gasteiger partial charge in [-0.2, -0.15) is 5.10 Å². The fourth-order valence-electron chi connectivity index (χ4n) is 1.52. The van der Waals surface area contributed by atoms with Gasteiger partial charge in [0, 0.05) is 12.2 Å². The maximum atomic E-state index is 4.23. The fourth-order valence-corrected chi connectivity index (χ4v) is 1.81. The highest BCUT2D eigenvalue weighted by Gasteiger charge is 2.03. The highest BCUT2D eigenvalue weighted by molar-refractivity contribution is 9.10. The summed E-state index contributed by atoms with van der Waals surface area (Å²) in [5, 5.41) is 7.45. The summed E-state index contributed by atoms with van der Waals surface area (Å²) in [7, 11) is 1.96. The van der Waals surface area contributed by atoms with Crippen LogP contribution in [0.15, 0.2) is 41.1 Å². The number of hydrogen-bond acceptors (Lipinski definition) is 2. The van der Waals surface area contributed by atoms with Gasteiger partial charge in [-0.1, -0.05) is 12.1 Å². The first-order valence-corrected chi connectivity index (χ1v) is 5.98. The van der Waals surface area contributed by atoms with Crippen molar-refractivity contribution in [2.24, 2.45) is 0 Å². The third-order valence-electron chi connectivity index (χ3n) is 2.64. The maximum Gasteiger partial charge on any atom is 0.0646 e. The smallest absolute Gasteiger partial charge is 0.0646 e. The summed E-state index contributed by atoms with van der Waals surface area (Å²) in [6.45, 7) is 2.14. The van der Waals surface area contributed by atoms with E-state index in [-0.39, 0.29) is 0 Å². The van der Waals surface area contributed by atoms with Gasteiger partial charge in [0.1, 0.15) is 0 Å². The summed E-state index contributed by atoms with van der Waals surface area (Å²) in [5.41, 5.74) is 2.34. The molecule has 0 radical (unpaired) electrons. The third kappa shape index (κ3) is 2.33. The van der Waals surface area contributed by atoms with E-state index in [1.54, 1.807) is 6.20 Å². The Labute approximate surface area is 104 Å². The van der Waals surface area contributed by atoms with Gasteiger partial charge in [-0.3, -0.25) is 0 Å². The van der Waals surface area contributed by atoms with E-state index in [9.17, 15) is 0 Å². The number of benzene rings is 1. The zero-order valence-corrected chi connectivity index (χ0v) is 10.9. The molecule has 0 saturated carbocycles. The van der Waals surface area contributed by atoms with Crippen molar-refractivity contribution in [3.8, 4) is 5.69 Å². The highest BCUT2D eigenvalue weighted by Crippen LogP contribution is 2.16. The predicted molar refractivity (Wildman–Crippen MR) is 68.7 cm³/mol. The van der Waals surface area contributed by atoms with Crippen LogP contribution in [-0.2, 0) is 0 Å². The summed E-state index contributed by atoms with van der Waals surface area (Å²) in [6.07, 6.45) is 3.72. The van der Waals surface area contributed by atoms with Crippen molar-refractivity contribution in [1.82, 2.24) is 15.1 Å². The van der Waals surface area contributed by atoms with Crippen LogP contribution in [0.1, 0.15) is 18.5 Å². The molecule has 0 fully saturated rings. The first-order valence-electron chi connectivity index (χ1n) is 5.18. The normalized spacial score (nSPS) is 12.7. The summed E-state index contributed by atoms with van der Waals surface area (Å²) < 4.78 is 2.83. The van der Waals surface area contributed by atoms with Crippen LogP contribution in [0, 0.1) is 0 Å². The molecule has 2 rings (SSSR count). The van der Waals surface area contributed by atoms with E-state index in [4.69, 9.17) is 0 Å². The number of nitrogens with one attached hydrogen (secondary N) is 1. The Balaban J connectivity index is 2.25. The first kappa shape index (κ1) is 11.4. The minimum Gasteiger partial charge on any atom is -0.313 e. The van der Waals surface area contributed by atoms with E-state index in [0.717, 1.165) is 10.2 Å². The Bertz CT molecular complexity index is 461. The lowest BCUT2D eigenvalue weighted by Gasteiger charge is -2.11. The third-order valence-corrected chi connectivity index (χ3v) is 3.05. The molecule has 1 aromatic heterocycles. The van der Waals surface area contributed by atoms with Crippen molar-refractivity contribution in [3.05, 3.63) is 46.7 Å². The average molecular weight is 280 g/mol. The molecule has 2 aromatic rings. The van der Waals surface area contributed by atoms with Gasteiger partial charge in [-0.05, 0) is 47.6 Å². The zero-order chi connectivity index (χ0) is 11.5. The molecular weight excluding hydrogens is 266 g/mol.